The average molecular weight is 257 g/mol. The van der Waals surface area contributed by atoms with Gasteiger partial charge in [-0.2, -0.15) is 0 Å². The zero-order valence-corrected chi connectivity index (χ0v) is 11.2. The van der Waals surface area contributed by atoms with Crippen LogP contribution in [0, 0.1) is 23.7 Å². The monoisotopic (exact) mass is 257 g/mol. The van der Waals surface area contributed by atoms with E-state index in [1.165, 1.54) is 19.3 Å². The molecular formula is C16H19NO2. The summed E-state index contributed by atoms with van der Waals surface area (Å²) < 4.78 is 5.17. The summed E-state index contributed by atoms with van der Waals surface area (Å²) in [5.74, 6) is 3.63. The van der Waals surface area contributed by atoms with Crippen molar-refractivity contribution >= 4 is 11.6 Å². The molecule has 0 N–H and O–H groups in total. The van der Waals surface area contributed by atoms with Gasteiger partial charge in [0.1, 0.15) is 5.75 Å². The van der Waals surface area contributed by atoms with Gasteiger partial charge in [0.25, 0.3) is 0 Å². The lowest BCUT2D eigenvalue weighted by Gasteiger charge is -2.20. The molecule has 0 aromatic heterocycles. The molecule has 4 atom stereocenters. The standard InChI is InChI=1S/C16H19NO2/c1-19-13-6-4-12(5-7-13)17-9-14-10-2-3-11(8-10)15(14)16(17)18/h4-7,10-11,14-15H,2-3,8-9H2,1H3/t10-,11+,14-,15+/m1/s1. The molecule has 4 rings (SSSR count). The molecule has 1 aromatic rings. The number of hydrogen-bond acceptors (Lipinski definition) is 2. The van der Waals surface area contributed by atoms with Crippen LogP contribution in [0.3, 0.4) is 0 Å². The van der Waals surface area contributed by atoms with Gasteiger partial charge in [-0.1, -0.05) is 0 Å². The number of hydrogen-bond donors (Lipinski definition) is 0. The van der Waals surface area contributed by atoms with E-state index in [9.17, 15) is 4.79 Å². The predicted octanol–water partition coefficient (Wildman–Crippen LogP) is 2.70. The molecule has 3 nitrogen and oxygen atoms in total. The van der Waals surface area contributed by atoms with E-state index < -0.39 is 0 Å². The Morgan fingerprint density at radius 1 is 1.16 bits per heavy atom. The smallest absolute Gasteiger partial charge is 0.230 e. The number of nitrogens with zero attached hydrogens (tertiary/aromatic N) is 1. The van der Waals surface area contributed by atoms with Crippen LogP contribution in [0.15, 0.2) is 24.3 Å². The molecule has 1 amide bonds. The predicted molar refractivity (Wildman–Crippen MR) is 73.2 cm³/mol. The molecular weight excluding hydrogens is 238 g/mol. The van der Waals surface area contributed by atoms with E-state index in [1.807, 2.05) is 29.2 Å². The molecule has 2 bridgehead atoms. The van der Waals surface area contributed by atoms with Crippen molar-refractivity contribution in [2.45, 2.75) is 19.3 Å². The Kier molecular flexibility index (Phi) is 2.38. The molecule has 1 aromatic carbocycles. The van der Waals surface area contributed by atoms with Gasteiger partial charge in [-0.15, -0.1) is 0 Å². The van der Waals surface area contributed by atoms with Crippen LogP contribution in [-0.2, 0) is 4.79 Å². The van der Waals surface area contributed by atoms with E-state index in [-0.39, 0.29) is 0 Å². The van der Waals surface area contributed by atoms with Gasteiger partial charge >= 0.3 is 0 Å². The first-order valence-corrected chi connectivity index (χ1v) is 7.23. The SMILES string of the molecule is COc1ccc(N2C[C@@H]3[C@@H]4CC[C@@H](C4)[C@@H]3C2=O)cc1. The third-order valence-corrected chi connectivity index (χ3v) is 5.42. The fourth-order valence-corrected chi connectivity index (χ4v) is 4.53. The number of methoxy groups -OCH3 is 1. The molecule has 100 valence electrons. The van der Waals surface area contributed by atoms with Gasteiger partial charge in [0.05, 0.1) is 7.11 Å². The van der Waals surface area contributed by atoms with Gasteiger partial charge in [0.2, 0.25) is 5.91 Å². The molecule has 3 heteroatoms. The fraction of sp³-hybridized carbons (Fsp3) is 0.562. The average Bonchev–Trinajstić information content (AvgIpc) is 3.12. The highest BCUT2D eigenvalue weighted by Gasteiger charge is 2.56. The van der Waals surface area contributed by atoms with Crippen molar-refractivity contribution in [3.63, 3.8) is 0 Å². The zero-order chi connectivity index (χ0) is 13.0. The number of amides is 1. The minimum atomic E-state index is 0.320. The van der Waals surface area contributed by atoms with Crippen molar-refractivity contribution in [2.75, 3.05) is 18.6 Å². The highest BCUT2D eigenvalue weighted by molar-refractivity contribution is 5.98. The van der Waals surface area contributed by atoms with Crippen molar-refractivity contribution in [1.29, 1.82) is 0 Å². The topological polar surface area (TPSA) is 29.5 Å². The number of carbonyl (C=O) groups is 1. The number of anilines is 1. The van der Waals surface area contributed by atoms with Crippen molar-refractivity contribution in [3.05, 3.63) is 24.3 Å². The van der Waals surface area contributed by atoms with Crippen molar-refractivity contribution in [3.8, 4) is 5.75 Å². The van der Waals surface area contributed by atoms with Crippen LogP contribution >= 0.6 is 0 Å². The van der Waals surface area contributed by atoms with Crippen LogP contribution in [0.1, 0.15) is 19.3 Å². The Bertz CT molecular complexity index is 510. The Morgan fingerprint density at radius 3 is 2.58 bits per heavy atom. The van der Waals surface area contributed by atoms with Crippen molar-refractivity contribution < 1.29 is 9.53 Å². The van der Waals surface area contributed by atoms with Crippen molar-refractivity contribution in [1.82, 2.24) is 0 Å². The second kappa shape index (κ2) is 3.99. The largest absolute Gasteiger partial charge is 0.497 e. The Hall–Kier alpha value is -1.51. The first kappa shape index (κ1) is 11.3. The molecule has 2 aliphatic carbocycles. The van der Waals surface area contributed by atoms with E-state index >= 15 is 0 Å². The van der Waals surface area contributed by atoms with Gasteiger partial charge < -0.3 is 9.64 Å². The molecule has 0 radical (unpaired) electrons. The third-order valence-electron chi connectivity index (χ3n) is 5.42. The first-order valence-electron chi connectivity index (χ1n) is 7.23. The molecule has 1 heterocycles. The molecule has 0 spiro atoms. The lowest BCUT2D eigenvalue weighted by Crippen LogP contribution is -2.29. The molecule has 0 unspecified atom stereocenters. The zero-order valence-electron chi connectivity index (χ0n) is 11.2. The number of ether oxygens (including phenoxy) is 1. The Morgan fingerprint density at radius 2 is 1.89 bits per heavy atom. The maximum atomic E-state index is 12.6. The first-order chi connectivity index (χ1) is 9.28. The summed E-state index contributed by atoms with van der Waals surface area (Å²) in [7, 11) is 1.66. The summed E-state index contributed by atoms with van der Waals surface area (Å²) in [5, 5.41) is 0. The number of benzene rings is 1. The summed E-state index contributed by atoms with van der Waals surface area (Å²) in [6, 6.07) is 7.87. The van der Waals surface area contributed by atoms with Gasteiger partial charge in [0.15, 0.2) is 0 Å². The highest BCUT2D eigenvalue weighted by Crippen LogP contribution is 2.56. The number of fused-ring (bicyclic) bond motifs is 5. The minimum Gasteiger partial charge on any atom is -0.497 e. The molecule has 2 saturated carbocycles. The second-order valence-electron chi connectivity index (χ2n) is 6.17. The highest BCUT2D eigenvalue weighted by atomic mass is 16.5. The maximum Gasteiger partial charge on any atom is 0.230 e. The Labute approximate surface area is 113 Å². The van der Waals surface area contributed by atoms with Crippen LogP contribution in [0.4, 0.5) is 5.69 Å². The fourth-order valence-electron chi connectivity index (χ4n) is 4.53. The van der Waals surface area contributed by atoms with E-state index in [0.29, 0.717) is 23.7 Å². The van der Waals surface area contributed by atoms with Gasteiger partial charge in [-0.3, -0.25) is 4.79 Å². The summed E-state index contributed by atoms with van der Waals surface area (Å²) in [6.45, 7) is 0.928. The van der Waals surface area contributed by atoms with E-state index in [2.05, 4.69) is 0 Å². The second-order valence-corrected chi connectivity index (χ2v) is 6.17. The lowest BCUT2D eigenvalue weighted by molar-refractivity contribution is -0.122. The van der Waals surface area contributed by atoms with Gasteiger partial charge in [-0.05, 0) is 61.3 Å². The van der Waals surface area contributed by atoms with E-state index in [0.717, 1.165) is 23.9 Å². The third kappa shape index (κ3) is 1.54. The van der Waals surface area contributed by atoms with Gasteiger partial charge in [-0.25, -0.2) is 0 Å². The normalized spacial score (nSPS) is 35.8. The van der Waals surface area contributed by atoms with Crippen LogP contribution in [-0.4, -0.2) is 19.6 Å². The molecule has 3 fully saturated rings. The van der Waals surface area contributed by atoms with E-state index in [1.54, 1.807) is 7.11 Å². The van der Waals surface area contributed by atoms with Crippen molar-refractivity contribution in [2.24, 2.45) is 23.7 Å². The summed E-state index contributed by atoms with van der Waals surface area (Å²) in [4.78, 5) is 14.6. The van der Waals surface area contributed by atoms with Crippen LogP contribution < -0.4 is 9.64 Å². The molecule has 1 aliphatic heterocycles. The van der Waals surface area contributed by atoms with Crippen LogP contribution in [0.25, 0.3) is 0 Å². The number of carbonyl (C=O) groups excluding carboxylic acids is 1. The van der Waals surface area contributed by atoms with Crippen LogP contribution in [0.2, 0.25) is 0 Å². The van der Waals surface area contributed by atoms with Crippen LogP contribution in [0.5, 0.6) is 5.75 Å². The summed E-state index contributed by atoms with van der Waals surface area (Å²) >= 11 is 0. The molecule has 1 saturated heterocycles. The minimum absolute atomic E-state index is 0.320. The molecule has 19 heavy (non-hydrogen) atoms. The van der Waals surface area contributed by atoms with Gasteiger partial charge in [0, 0.05) is 18.2 Å². The summed E-state index contributed by atoms with van der Waals surface area (Å²) in [6.07, 6.45) is 3.92. The quantitative estimate of drug-likeness (QED) is 0.815. The lowest BCUT2D eigenvalue weighted by atomic mass is 9.81. The maximum absolute atomic E-state index is 12.6. The Balaban J connectivity index is 1.61. The molecule has 3 aliphatic rings. The summed E-state index contributed by atoms with van der Waals surface area (Å²) in [5.41, 5.74) is 1.03. The van der Waals surface area contributed by atoms with E-state index in [4.69, 9.17) is 4.74 Å². The number of rotatable bonds is 2.